The maximum absolute atomic E-state index is 6.86. The van der Waals surface area contributed by atoms with Gasteiger partial charge in [0.2, 0.25) is 0 Å². The van der Waals surface area contributed by atoms with Crippen molar-refractivity contribution < 1.29 is 33.2 Å². The van der Waals surface area contributed by atoms with Gasteiger partial charge in [0, 0.05) is 0 Å². The Kier molecular flexibility index (Phi) is 16.3. The van der Waals surface area contributed by atoms with Crippen LogP contribution in [0.15, 0.2) is 152 Å². The van der Waals surface area contributed by atoms with Crippen molar-refractivity contribution in [1.82, 2.24) is 0 Å². The molecular formula is C47H54O7. The van der Waals surface area contributed by atoms with E-state index in [0.29, 0.717) is 46.1 Å². The van der Waals surface area contributed by atoms with Crippen LogP contribution >= 0.6 is 0 Å². The summed E-state index contributed by atoms with van der Waals surface area (Å²) >= 11 is 0. The fraction of sp³-hybridized carbons (Fsp3) is 0.362. The van der Waals surface area contributed by atoms with Gasteiger partial charge in [-0.3, -0.25) is 0 Å². The molecule has 1 fully saturated rings. The van der Waals surface area contributed by atoms with Gasteiger partial charge in [-0.2, -0.15) is 0 Å². The SMILES string of the molecule is CCC[C@H](CCO[C@H]1OC(COCc2ccccc2)[C@H](OCc2ccccc2)[C@H](OCc2ccccc2)C1OCc1ccccc1)OCc1ccccc1. The standard InChI is InChI=1S/C47H54O7/c1-2-18-42(50-32-38-21-10-4-11-22-38)29-30-49-47-46(53-35-41-27-16-7-17-28-41)45(52-34-40-25-14-6-15-26-40)44(51-33-39-23-12-5-13-24-39)43(54-47)36-48-31-37-19-8-3-9-20-37/h3-17,19-28,42-47H,2,18,29-36H2,1H3/t42-,43?,44+,45+,46?,47+/m1/s1. The van der Waals surface area contributed by atoms with Gasteiger partial charge in [-0.25, -0.2) is 0 Å². The van der Waals surface area contributed by atoms with Crippen molar-refractivity contribution in [2.24, 2.45) is 0 Å². The van der Waals surface area contributed by atoms with E-state index < -0.39 is 30.7 Å². The summed E-state index contributed by atoms with van der Waals surface area (Å²) in [4.78, 5) is 0. The van der Waals surface area contributed by atoms with Gasteiger partial charge >= 0.3 is 0 Å². The van der Waals surface area contributed by atoms with E-state index in [1.165, 1.54) is 0 Å². The van der Waals surface area contributed by atoms with E-state index in [9.17, 15) is 0 Å². The zero-order chi connectivity index (χ0) is 37.0. The summed E-state index contributed by atoms with van der Waals surface area (Å²) in [6.45, 7) is 5.00. The molecule has 5 aromatic rings. The molecule has 0 bridgehead atoms. The molecule has 1 heterocycles. The minimum Gasteiger partial charge on any atom is -0.374 e. The van der Waals surface area contributed by atoms with E-state index in [0.717, 1.165) is 40.7 Å². The molecule has 1 aliphatic rings. The summed E-state index contributed by atoms with van der Waals surface area (Å²) in [5.74, 6) is 0. The molecule has 1 aliphatic heterocycles. The molecule has 5 aromatic carbocycles. The van der Waals surface area contributed by atoms with Crippen LogP contribution in [0.5, 0.6) is 0 Å². The molecule has 7 heteroatoms. The fourth-order valence-electron chi connectivity index (χ4n) is 6.62. The highest BCUT2D eigenvalue weighted by molar-refractivity contribution is 5.17. The van der Waals surface area contributed by atoms with Crippen molar-refractivity contribution in [2.75, 3.05) is 13.2 Å². The van der Waals surface area contributed by atoms with E-state index >= 15 is 0 Å². The maximum atomic E-state index is 6.86. The van der Waals surface area contributed by atoms with Gasteiger partial charge in [0.25, 0.3) is 0 Å². The van der Waals surface area contributed by atoms with Gasteiger partial charge in [-0.05, 0) is 40.7 Å². The Balaban J connectivity index is 1.24. The molecule has 6 rings (SSSR count). The maximum Gasteiger partial charge on any atom is 0.186 e. The summed E-state index contributed by atoms with van der Waals surface area (Å²) in [6.07, 6.45) is -0.203. The Morgan fingerprint density at radius 3 is 1.37 bits per heavy atom. The van der Waals surface area contributed by atoms with Gasteiger partial charge in [-0.1, -0.05) is 165 Å². The van der Waals surface area contributed by atoms with Gasteiger partial charge in [-0.15, -0.1) is 0 Å². The average molecular weight is 731 g/mol. The number of rotatable bonds is 22. The zero-order valence-corrected chi connectivity index (χ0v) is 31.3. The lowest BCUT2D eigenvalue weighted by Crippen LogP contribution is -2.61. The second-order valence-corrected chi connectivity index (χ2v) is 13.7. The minimum atomic E-state index is -0.743. The lowest BCUT2D eigenvalue weighted by molar-refractivity contribution is -0.329. The third-order valence-corrected chi connectivity index (χ3v) is 9.50. The molecule has 54 heavy (non-hydrogen) atoms. The lowest BCUT2D eigenvalue weighted by Gasteiger charge is -2.46. The topological polar surface area (TPSA) is 64.6 Å². The third-order valence-electron chi connectivity index (χ3n) is 9.50. The van der Waals surface area contributed by atoms with Crippen LogP contribution in [0, 0.1) is 0 Å². The third kappa shape index (κ3) is 12.7. The molecule has 1 saturated heterocycles. The van der Waals surface area contributed by atoms with E-state index in [-0.39, 0.29) is 12.7 Å². The van der Waals surface area contributed by atoms with Crippen LogP contribution in [-0.4, -0.2) is 50.0 Å². The molecule has 0 amide bonds. The number of ether oxygens (including phenoxy) is 7. The fourth-order valence-corrected chi connectivity index (χ4v) is 6.62. The predicted octanol–water partition coefficient (Wildman–Crippen LogP) is 9.48. The van der Waals surface area contributed by atoms with Crippen LogP contribution in [0.1, 0.15) is 54.0 Å². The molecule has 0 saturated carbocycles. The van der Waals surface area contributed by atoms with Gasteiger partial charge < -0.3 is 33.2 Å². The van der Waals surface area contributed by atoms with Crippen LogP contribution in [0.25, 0.3) is 0 Å². The number of hydrogen-bond donors (Lipinski definition) is 0. The normalized spacial score (nSPS) is 20.4. The van der Waals surface area contributed by atoms with Crippen LogP contribution < -0.4 is 0 Å². The first-order chi connectivity index (χ1) is 26.7. The van der Waals surface area contributed by atoms with Gasteiger partial charge in [0.05, 0.1) is 52.4 Å². The minimum absolute atomic E-state index is 0.0413. The first-order valence-electron chi connectivity index (χ1n) is 19.3. The van der Waals surface area contributed by atoms with Crippen LogP contribution in [0.3, 0.4) is 0 Å². The molecule has 0 N–H and O–H groups in total. The Morgan fingerprint density at radius 1 is 0.463 bits per heavy atom. The van der Waals surface area contributed by atoms with Crippen molar-refractivity contribution in [1.29, 1.82) is 0 Å². The summed E-state index contributed by atoms with van der Waals surface area (Å²) in [7, 11) is 0. The van der Waals surface area contributed by atoms with E-state index in [1.807, 2.05) is 91.0 Å². The molecule has 284 valence electrons. The molecule has 6 atom stereocenters. The Hall–Kier alpha value is -4.18. The van der Waals surface area contributed by atoms with Crippen molar-refractivity contribution >= 4 is 0 Å². The Morgan fingerprint density at radius 2 is 0.889 bits per heavy atom. The summed E-state index contributed by atoms with van der Waals surface area (Å²) in [5, 5.41) is 0. The second-order valence-electron chi connectivity index (χ2n) is 13.7. The lowest BCUT2D eigenvalue weighted by atomic mass is 9.97. The molecule has 2 unspecified atom stereocenters. The first kappa shape index (κ1) is 39.5. The molecule has 7 nitrogen and oxygen atoms in total. The molecule has 0 radical (unpaired) electrons. The Labute approximate surface area is 321 Å². The van der Waals surface area contributed by atoms with Crippen molar-refractivity contribution in [3.05, 3.63) is 179 Å². The van der Waals surface area contributed by atoms with Crippen molar-refractivity contribution in [2.45, 2.75) is 96.0 Å². The first-order valence-corrected chi connectivity index (χ1v) is 19.3. The highest BCUT2D eigenvalue weighted by Gasteiger charge is 2.49. The van der Waals surface area contributed by atoms with Crippen LogP contribution in [-0.2, 0) is 66.2 Å². The number of benzene rings is 5. The van der Waals surface area contributed by atoms with Crippen LogP contribution in [0.2, 0.25) is 0 Å². The highest BCUT2D eigenvalue weighted by Crippen LogP contribution is 2.32. The molecule has 0 aliphatic carbocycles. The average Bonchev–Trinajstić information content (AvgIpc) is 3.23. The summed E-state index contributed by atoms with van der Waals surface area (Å²) in [6, 6.07) is 51.0. The molecule has 0 spiro atoms. The largest absolute Gasteiger partial charge is 0.374 e. The van der Waals surface area contributed by atoms with Gasteiger partial charge in [0.1, 0.15) is 24.4 Å². The van der Waals surface area contributed by atoms with Crippen molar-refractivity contribution in [3.63, 3.8) is 0 Å². The second kappa shape index (κ2) is 22.3. The summed E-state index contributed by atoms with van der Waals surface area (Å²) < 4.78 is 46.7. The number of hydrogen-bond acceptors (Lipinski definition) is 7. The van der Waals surface area contributed by atoms with Gasteiger partial charge in [0.15, 0.2) is 6.29 Å². The van der Waals surface area contributed by atoms with Crippen molar-refractivity contribution in [3.8, 4) is 0 Å². The predicted molar refractivity (Wildman–Crippen MR) is 210 cm³/mol. The summed E-state index contributed by atoms with van der Waals surface area (Å²) in [5.41, 5.74) is 5.40. The molecular weight excluding hydrogens is 677 g/mol. The monoisotopic (exact) mass is 730 g/mol. The quantitative estimate of drug-likeness (QED) is 0.0703. The highest BCUT2D eigenvalue weighted by atomic mass is 16.7. The van der Waals surface area contributed by atoms with E-state index in [2.05, 4.69) is 67.6 Å². The van der Waals surface area contributed by atoms with Crippen LogP contribution in [0.4, 0.5) is 0 Å². The van der Waals surface area contributed by atoms with E-state index in [1.54, 1.807) is 0 Å². The Bertz CT molecular complexity index is 1690. The molecule has 0 aromatic heterocycles. The smallest absolute Gasteiger partial charge is 0.186 e. The van der Waals surface area contributed by atoms with E-state index in [4.69, 9.17) is 33.2 Å². The zero-order valence-electron chi connectivity index (χ0n) is 31.3.